The molecule has 0 aromatic heterocycles. The largest absolute Gasteiger partial charge is 0.464 e. The van der Waals surface area contributed by atoms with Crippen LogP contribution in [0.5, 0.6) is 0 Å². The minimum atomic E-state index is -0.657. The summed E-state index contributed by atoms with van der Waals surface area (Å²) in [6.07, 6.45) is 14.1. The van der Waals surface area contributed by atoms with Crippen LogP contribution >= 0.6 is 0 Å². The van der Waals surface area contributed by atoms with Crippen LogP contribution < -0.4 is 0 Å². The number of ether oxygens (including phenoxy) is 1. The Bertz CT molecular complexity index is 289. The van der Waals surface area contributed by atoms with Gasteiger partial charge in [-0.1, -0.05) is 39.0 Å². The van der Waals surface area contributed by atoms with E-state index in [1.54, 1.807) is 19.3 Å². The van der Waals surface area contributed by atoms with E-state index < -0.39 is 12.2 Å². The SMILES string of the molecule is CCCCC[C@H]([CH][CH][CH][C@@H](O)C[C@@H](O)C1CCCCC1)OC=O. The lowest BCUT2D eigenvalue weighted by Crippen LogP contribution is -2.28. The maximum absolute atomic E-state index is 10.5. The molecule has 4 nitrogen and oxygen atoms in total. The summed E-state index contributed by atoms with van der Waals surface area (Å²) in [6.45, 7) is 2.61. The van der Waals surface area contributed by atoms with Crippen LogP contribution in [0.25, 0.3) is 0 Å². The third-order valence-corrected chi connectivity index (χ3v) is 4.66. The van der Waals surface area contributed by atoms with Crippen molar-refractivity contribution in [2.24, 2.45) is 5.92 Å². The smallest absolute Gasteiger partial charge is 0.293 e. The Kier molecular flexibility index (Phi) is 11.3. The molecule has 0 aromatic rings. The number of carbonyl (C=O) groups is 1. The van der Waals surface area contributed by atoms with E-state index >= 15 is 0 Å². The number of aliphatic hydroxyl groups excluding tert-OH is 2. The molecule has 0 aromatic carbocycles. The zero-order chi connectivity index (χ0) is 16.9. The van der Waals surface area contributed by atoms with E-state index in [4.69, 9.17) is 4.74 Å². The summed E-state index contributed by atoms with van der Waals surface area (Å²) in [5, 5.41) is 20.2. The van der Waals surface area contributed by atoms with Crippen molar-refractivity contribution < 1.29 is 19.7 Å². The molecule has 0 amide bonds. The van der Waals surface area contributed by atoms with Crippen LogP contribution in [-0.4, -0.2) is 35.0 Å². The predicted octanol–water partition coefficient (Wildman–Crippen LogP) is 3.41. The van der Waals surface area contributed by atoms with Crippen molar-refractivity contribution in [1.82, 2.24) is 0 Å². The Morgan fingerprint density at radius 2 is 1.87 bits per heavy atom. The minimum Gasteiger partial charge on any atom is -0.464 e. The number of hydrogen-bond donors (Lipinski definition) is 2. The molecule has 0 heterocycles. The molecule has 0 spiro atoms. The van der Waals surface area contributed by atoms with E-state index in [2.05, 4.69) is 6.92 Å². The highest BCUT2D eigenvalue weighted by atomic mass is 16.5. The van der Waals surface area contributed by atoms with Crippen LogP contribution in [0.3, 0.4) is 0 Å². The third-order valence-electron chi connectivity index (χ3n) is 4.66. The van der Waals surface area contributed by atoms with E-state index in [1.165, 1.54) is 19.3 Å². The van der Waals surface area contributed by atoms with E-state index in [-0.39, 0.29) is 6.10 Å². The molecule has 0 aliphatic heterocycles. The molecule has 133 valence electrons. The standard InChI is InChI=1S/C19H33O4/c1-2-3-5-12-18(23-15-20)13-8-11-17(21)14-19(22)16-9-6-4-7-10-16/h8,11,13,15-19,21-22H,2-7,9-10,12,14H2,1H3/t17-,18-,19-/m1/s1. The highest BCUT2D eigenvalue weighted by Gasteiger charge is 2.24. The van der Waals surface area contributed by atoms with Gasteiger partial charge >= 0.3 is 0 Å². The fourth-order valence-corrected chi connectivity index (χ4v) is 3.23. The van der Waals surface area contributed by atoms with Gasteiger partial charge < -0.3 is 14.9 Å². The van der Waals surface area contributed by atoms with Crippen LogP contribution in [0, 0.1) is 25.2 Å². The summed E-state index contributed by atoms with van der Waals surface area (Å²) >= 11 is 0. The van der Waals surface area contributed by atoms with Crippen LogP contribution in [0.2, 0.25) is 0 Å². The summed E-state index contributed by atoms with van der Waals surface area (Å²) in [5.41, 5.74) is 0. The van der Waals surface area contributed by atoms with Gasteiger partial charge in [0.25, 0.3) is 6.47 Å². The van der Waals surface area contributed by atoms with E-state index in [0.29, 0.717) is 18.8 Å². The van der Waals surface area contributed by atoms with Crippen LogP contribution in [0.15, 0.2) is 0 Å². The van der Waals surface area contributed by atoms with Gasteiger partial charge in [0.1, 0.15) is 6.10 Å². The second kappa shape index (κ2) is 12.8. The topological polar surface area (TPSA) is 66.8 Å². The maximum atomic E-state index is 10.5. The van der Waals surface area contributed by atoms with Gasteiger partial charge in [0, 0.05) is 6.42 Å². The van der Waals surface area contributed by atoms with E-state index in [1.807, 2.05) is 0 Å². The molecule has 1 fully saturated rings. The zero-order valence-corrected chi connectivity index (χ0v) is 14.4. The lowest BCUT2D eigenvalue weighted by atomic mass is 9.83. The third kappa shape index (κ3) is 9.31. The molecular formula is C19H33O4. The first kappa shape index (κ1) is 20.4. The van der Waals surface area contributed by atoms with Gasteiger partial charge in [-0.05, 0) is 50.9 Å². The number of carbonyl (C=O) groups excluding carboxylic acids is 1. The van der Waals surface area contributed by atoms with Gasteiger partial charge in [-0.25, -0.2) is 0 Å². The van der Waals surface area contributed by atoms with E-state index in [9.17, 15) is 15.0 Å². The Balaban J connectivity index is 2.17. The molecule has 1 rings (SSSR count). The molecule has 0 bridgehead atoms. The fraction of sp³-hybridized carbons (Fsp3) is 0.789. The summed E-state index contributed by atoms with van der Waals surface area (Å²) in [5.74, 6) is 0.330. The molecule has 4 heteroatoms. The van der Waals surface area contributed by atoms with Gasteiger partial charge in [0.05, 0.1) is 12.2 Å². The second-order valence-electron chi connectivity index (χ2n) is 6.61. The molecule has 1 aliphatic carbocycles. The van der Waals surface area contributed by atoms with E-state index in [0.717, 1.165) is 38.5 Å². The minimum absolute atomic E-state index is 0.231. The highest BCUT2D eigenvalue weighted by molar-refractivity contribution is 5.38. The molecule has 0 unspecified atom stereocenters. The molecule has 2 N–H and O–H groups in total. The first-order valence-corrected chi connectivity index (χ1v) is 9.14. The van der Waals surface area contributed by atoms with Crippen molar-refractivity contribution in [3.63, 3.8) is 0 Å². The zero-order valence-electron chi connectivity index (χ0n) is 14.4. The summed E-state index contributed by atoms with van der Waals surface area (Å²) < 4.78 is 5.03. The Morgan fingerprint density at radius 1 is 1.13 bits per heavy atom. The number of rotatable bonds is 13. The quantitative estimate of drug-likeness (QED) is 0.402. The van der Waals surface area contributed by atoms with Crippen LogP contribution in [0.4, 0.5) is 0 Å². The van der Waals surface area contributed by atoms with Crippen molar-refractivity contribution in [2.45, 2.75) is 89.4 Å². The average Bonchev–Trinajstić information content (AvgIpc) is 2.56. The summed E-state index contributed by atoms with van der Waals surface area (Å²) in [4.78, 5) is 10.5. The first-order valence-electron chi connectivity index (χ1n) is 9.14. The van der Waals surface area contributed by atoms with Crippen molar-refractivity contribution >= 4 is 6.47 Å². The highest BCUT2D eigenvalue weighted by Crippen LogP contribution is 2.28. The molecule has 3 radical (unpaired) electrons. The van der Waals surface area contributed by atoms with Gasteiger partial charge in [0.2, 0.25) is 0 Å². The van der Waals surface area contributed by atoms with Gasteiger partial charge in [0.15, 0.2) is 0 Å². The van der Waals surface area contributed by atoms with Crippen molar-refractivity contribution in [3.8, 4) is 0 Å². The van der Waals surface area contributed by atoms with Gasteiger partial charge in [-0.3, -0.25) is 4.79 Å². The predicted molar refractivity (Wildman–Crippen MR) is 91.2 cm³/mol. The molecule has 0 saturated heterocycles. The average molecular weight is 325 g/mol. The Hall–Kier alpha value is -0.610. The normalized spacial score (nSPS) is 20.0. The lowest BCUT2D eigenvalue weighted by Gasteiger charge is -2.28. The maximum Gasteiger partial charge on any atom is 0.293 e. The number of unbranched alkanes of at least 4 members (excludes halogenated alkanes) is 2. The van der Waals surface area contributed by atoms with Crippen LogP contribution in [-0.2, 0) is 9.53 Å². The van der Waals surface area contributed by atoms with Crippen molar-refractivity contribution in [1.29, 1.82) is 0 Å². The number of aliphatic hydroxyl groups is 2. The monoisotopic (exact) mass is 325 g/mol. The van der Waals surface area contributed by atoms with Crippen molar-refractivity contribution in [2.75, 3.05) is 0 Å². The molecule has 23 heavy (non-hydrogen) atoms. The molecule has 1 saturated carbocycles. The Labute approximate surface area is 141 Å². The lowest BCUT2D eigenvalue weighted by molar-refractivity contribution is -0.132. The summed E-state index contributed by atoms with van der Waals surface area (Å²) in [6, 6.07) is 0. The molecule has 3 atom stereocenters. The van der Waals surface area contributed by atoms with Gasteiger partial charge in [-0.15, -0.1) is 0 Å². The first-order chi connectivity index (χ1) is 11.2. The molecule has 1 aliphatic rings. The van der Waals surface area contributed by atoms with Gasteiger partial charge in [-0.2, -0.15) is 0 Å². The van der Waals surface area contributed by atoms with Crippen molar-refractivity contribution in [3.05, 3.63) is 19.3 Å². The second-order valence-corrected chi connectivity index (χ2v) is 6.61. The fourth-order valence-electron chi connectivity index (χ4n) is 3.23. The number of hydrogen-bond acceptors (Lipinski definition) is 4. The molecular weight excluding hydrogens is 292 g/mol. The summed E-state index contributed by atoms with van der Waals surface area (Å²) in [7, 11) is 0. The Morgan fingerprint density at radius 3 is 2.52 bits per heavy atom. The van der Waals surface area contributed by atoms with Crippen LogP contribution in [0.1, 0.15) is 71.1 Å².